The van der Waals surface area contributed by atoms with Gasteiger partial charge in [-0.3, -0.25) is 4.98 Å². The molecule has 1 aromatic carbocycles. The van der Waals surface area contributed by atoms with Crippen LogP contribution in [0.2, 0.25) is 0 Å². The summed E-state index contributed by atoms with van der Waals surface area (Å²) in [5.41, 5.74) is 4.02. The van der Waals surface area contributed by atoms with Crippen LogP contribution in [0, 0.1) is 6.92 Å². The molecule has 0 unspecified atom stereocenters. The molecule has 128 valence electrons. The molecular formula is C20H22N4O. The van der Waals surface area contributed by atoms with Gasteiger partial charge in [0.1, 0.15) is 17.9 Å². The van der Waals surface area contributed by atoms with E-state index in [0.29, 0.717) is 6.61 Å². The molecule has 3 aromatic rings. The fourth-order valence-electron chi connectivity index (χ4n) is 2.56. The second kappa shape index (κ2) is 8.24. The molecule has 5 heteroatoms. The van der Waals surface area contributed by atoms with E-state index in [9.17, 15) is 0 Å². The fourth-order valence-corrected chi connectivity index (χ4v) is 2.56. The third kappa shape index (κ3) is 4.53. The molecule has 1 N–H and O–H groups in total. The summed E-state index contributed by atoms with van der Waals surface area (Å²) in [4.78, 5) is 13.0. The summed E-state index contributed by atoms with van der Waals surface area (Å²) in [6.45, 7) is 5.41. The van der Waals surface area contributed by atoms with E-state index in [1.165, 1.54) is 5.56 Å². The van der Waals surface area contributed by atoms with Gasteiger partial charge in [0.15, 0.2) is 0 Å². The van der Waals surface area contributed by atoms with Crippen molar-refractivity contribution in [2.75, 3.05) is 18.5 Å². The Morgan fingerprint density at radius 2 is 1.92 bits per heavy atom. The fraction of sp³-hybridized carbons (Fsp3) is 0.250. The van der Waals surface area contributed by atoms with Crippen molar-refractivity contribution in [3.05, 3.63) is 66.2 Å². The minimum atomic E-state index is 0.671. The Kier molecular flexibility index (Phi) is 5.57. The maximum Gasteiger partial charge on any atom is 0.129 e. The van der Waals surface area contributed by atoms with E-state index >= 15 is 0 Å². The van der Waals surface area contributed by atoms with Gasteiger partial charge in [-0.25, -0.2) is 9.97 Å². The molecule has 0 radical (unpaired) electrons. The number of ether oxygens (including phenoxy) is 1. The van der Waals surface area contributed by atoms with Crippen molar-refractivity contribution in [2.45, 2.75) is 20.3 Å². The lowest BCUT2D eigenvalue weighted by Crippen LogP contribution is -2.08. The average Bonchev–Trinajstić information content (AvgIpc) is 2.64. The van der Waals surface area contributed by atoms with Crippen molar-refractivity contribution < 1.29 is 4.74 Å². The van der Waals surface area contributed by atoms with E-state index < -0.39 is 0 Å². The molecule has 0 atom stereocenters. The van der Waals surface area contributed by atoms with Gasteiger partial charge in [-0.15, -0.1) is 0 Å². The van der Waals surface area contributed by atoms with Crippen LogP contribution in [0.1, 0.15) is 18.2 Å². The highest BCUT2D eigenvalue weighted by Gasteiger charge is 2.04. The van der Waals surface area contributed by atoms with Crippen molar-refractivity contribution in [2.24, 2.45) is 0 Å². The summed E-state index contributed by atoms with van der Waals surface area (Å²) >= 11 is 0. The largest absolute Gasteiger partial charge is 0.494 e. The quantitative estimate of drug-likeness (QED) is 0.710. The first-order chi connectivity index (χ1) is 12.3. The van der Waals surface area contributed by atoms with Gasteiger partial charge in [0, 0.05) is 30.1 Å². The molecule has 0 spiro atoms. The molecule has 0 amide bonds. The summed E-state index contributed by atoms with van der Waals surface area (Å²) in [6.07, 6.45) is 4.27. The Bertz CT molecular complexity index is 818. The standard InChI is InChI=1S/C20H22N4O/c1-3-25-19-7-5-4-6-16(19)10-11-21-20-12-18(23-14-24-20)17-9-8-15(2)22-13-17/h4-9,12-14H,3,10-11H2,1-2H3,(H,21,23,24). The molecule has 0 saturated heterocycles. The number of hydrogen-bond donors (Lipinski definition) is 1. The van der Waals surface area contributed by atoms with Crippen LogP contribution in [0.25, 0.3) is 11.3 Å². The molecule has 0 aliphatic carbocycles. The average molecular weight is 334 g/mol. The van der Waals surface area contributed by atoms with Gasteiger partial charge in [-0.05, 0) is 44.0 Å². The van der Waals surface area contributed by atoms with Crippen molar-refractivity contribution in [3.8, 4) is 17.0 Å². The topological polar surface area (TPSA) is 59.9 Å². The molecule has 2 heterocycles. The van der Waals surface area contributed by atoms with Crippen molar-refractivity contribution in [3.63, 3.8) is 0 Å². The number of rotatable bonds is 7. The number of aryl methyl sites for hydroxylation is 1. The summed E-state index contributed by atoms with van der Waals surface area (Å²) in [5.74, 6) is 1.75. The molecular weight excluding hydrogens is 312 g/mol. The molecule has 5 nitrogen and oxygen atoms in total. The van der Waals surface area contributed by atoms with Crippen LogP contribution < -0.4 is 10.1 Å². The van der Waals surface area contributed by atoms with Gasteiger partial charge in [0.2, 0.25) is 0 Å². The van der Waals surface area contributed by atoms with Crippen LogP contribution in [0.15, 0.2) is 55.0 Å². The van der Waals surface area contributed by atoms with Gasteiger partial charge in [0.05, 0.1) is 12.3 Å². The SMILES string of the molecule is CCOc1ccccc1CCNc1cc(-c2ccc(C)nc2)ncn1. The van der Waals surface area contributed by atoms with E-state index in [2.05, 4.69) is 26.3 Å². The van der Waals surface area contributed by atoms with E-state index in [1.807, 2.05) is 56.4 Å². The molecule has 0 fully saturated rings. The third-order valence-electron chi connectivity index (χ3n) is 3.85. The molecule has 2 aromatic heterocycles. The minimum absolute atomic E-state index is 0.671. The van der Waals surface area contributed by atoms with E-state index in [1.54, 1.807) is 6.33 Å². The third-order valence-corrected chi connectivity index (χ3v) is 3.85. The number of hydrogen-bond acceptors (Lipinski definition) is 5. The number of pyridine rings is 1. The van der Waals surface area contributed by atoms with Gasteiger partial charge < -0.3 is 10.1 Å². The van der Waals surface area contributed by atoms with E-state index in [4.69, 9.17) is 4.74 Å². The zero-order chi connectivity index (χ0) is 17.5. The molecule has 3 rings (SSSR count). The lowest BCUT2D eigenvalue weighted by atomic mass is 10.1. The van der Waals surface area contributed by atoms with Crippen molar-refractivity contribution in [1.82, 2.24) is 15.0 Å². The molecule has 0 aliphatic rings. The van der Waals surface area contributed by atoms with Crippen LogP contribution in [0.4, 0.5) is 5.82 Å². The number of para-hydroxylation sites is 1. The van der Waals surface area contributed by atoms with Gasteiger partial charge in [-0.1, -0.05) is 18.2 Å². The van der Waals surface area contributed by atoms with Gasteiger partial charge >= 0.3 is 0 Å². The predicted molar refractivity (Wildman–Crippen MR) is 99.8 cm³/mol. The summed E-state index contributed by atoms with van der Waals surface area (Å²) in [7, 11) is 0. The Labute approximate surface area is 148 Å². The second-order valence-corrected chi connectivity index (χ2v) is 5.69. The maximum absolute atomic E-state index is 5.67. The number of anilines is 1. The van der Waals surface area contributed by atoms with Crippen LogP contribution >= 0.6 is 0 Å². The number of nitrogens with one attached hydrogen (secondary N) is 1. The highest BCUT2D eigenvalue weighted by molar-refractivity contribution is 5.61. The Morgan fingerprint density at radius 1 is 1.04 bits per heavy atom. The van der Waals surface area contributed by atoms with Gasteiger partial charge in [0.25, 0.3) is 0 Å². The molecule has 25 heavy (non-hydrogen) atoms. The smallest absolute Gasteiger partial charge is 0.129 e. The normalized spacial score (nSPS) is 10.5. The summed E-state index contributed by atoms with van der Waals surface area (Å²) in [5, 5.41) is 3.36. The Morgan fingerprint density at radius 3 is 2.72 bits per heavy atom. The van der Waals surface area contributed by atoms with Crippen molar-refractivity contribution in [1.29, 1.82) is 0 Å². The van der Waals surface area contributed by atoms with E-state index in [0.717, 1.165) is 41.5 Å². The molecule has 0 aliphatic heterocycles. The van der Waals surface area contributed by atoms with Gasteiger partial charge in [-0.2, -0.15) is 0 Å². The number of aromatic nitrogens is 3. The first-order valence-electron chi connectivity index (χ1n) is 8.46. The van der Waals surface area contributed by atoms with Crippen LogP contribution in [-0.2, 0) is 6.42 Å². The monoisotopic (exact) mass is 334 g/mol. The zero-order valence-electron chi connectivity index (χ0n) is 14.6. The lowest BCUT2D eigenvalue weighted by Gasteiger charge is -2.11. The lowest BCUT2D eigenvalue weighted by molar-refractivity contribution is 0.336. The highest BCUT2D eigenvalue weighted by Crippen LogP contribution is 2.20. The van der Waals surface area contributed by atoms with E-state index in [-0.39, 0.29) is 0 Å². The maximum atomic E-state index is 5.67. The van der Waals surface area contributed by atoms with Crippen LogP contribution in [-0.4, -0.2) is 28.1 Å². The number of benzene rings is 1. The first-order valence-corrected chi connectivity index (χ1v) is 8.46. The first kappa shape index (κ1) is 16.9. The zero-order valence-corrected chi connectivity index (χ0v) is 14.6. The Balaban J connectivity index is 1.64. The number of nitrogens with zero attached hydrogens (tertiary/aromatic N) is 3. The Hall–Kier alpha value is -2.95. The van der Waals surface area contributed by atoms with Crippen LogP contribution in [0.5, 0.6) is 5.75 Å². The highest BCUT2D eigenvalue weighted by atomic mass is 16.5. The minimum Gasteiger partial charge on any atom is -0.494 e. The second-order valence-electron chi connectivity index (χ2n) is 5.69. The molecule has 0 saturated carbocycles. The molecule has 0 bridgehead atoms. The van der Waals surface area contributed by atoms with Crippen molar-refractivity contribution >= 4 is 5.82 Å². The summed E-state index contributed by atoms with van der Waals surface area (Å²) < 4.78 is 5.67. The predicted octanol–water partition coefficient (Wildman–Crippen LogP) is 3.90. The summed E-state index contributed by atoms with van der Waals surface area (Å²) in [6, 6.07) is 14.1. The van der Waals surface area contributed by atoms with Crippen LogP contribution in [0.3, 0.4) is 0 Å².